The molecule has 0 aliphatic carbocycles. The molecule has 0 unspecified atom stereocenters. The molecule has 2 aromatic heterocycles. The van der Waals surface area contributed by atoms with Gasteiger partial charge in [-0.1, -0.05) is 0 Å². The molecule has 0 radical (unpaired) electrons. The molecule has 12 heavy (non-hydrogen) atoms. The maximum Gasteiger partial charge on any atom is 0.142 e. The van der Waals surface area contributed by atoms with Gasteiger partial charge < -0.3 is 10.3 Å². The molecule has 2 rings (SSSR count). The normalized spacial score (nSPS) is 9.42. The van der Waals surface area contributed by atoms with E-state index in [1.54, 1.807) is 0 Å². The fourth-order valence-corrected chi connectivity index (χ4v) is 1.07. The predicted molar refractivity (Wildman–Crippen MR) is 50.7 cm³/mol. The summed E-state index contributed by atoms with van der Waals surface area (Å²) in [4.78, 5) is 11.1. The van der Waals surface area contributed by atoms with Gasteiger partial charge in [-0.3, -0.25) is 0 Å². The van der Waals surface area contributed by atoms with Crippen molar-refractivity contribution in [2.45, 2.75) is 0 Å². The Balaban J connectivity index is 0.000000720. The number of hydrogen-bond donors (Lipinski definition) is 2. The van der Waals surface area contributed by atoms with Gasteiger partial charge in [-0.25, -0.2) is 9.97 Å². The van der Waals surface area contributed by atoms with E-state index in [0.29, 0.717) is 0 Å². The summed E-state index contributed by atoms with van der Waals surface area (Å²) in [6.45, 7) is 0. The molecule has 0 aliphatic rings. The van der Waals surface area contributed by atoms with Crippen molar-refractivity contribution in [3.05, 3.63) is 18.6 Å². The molecule has 2 N–H and O–H groups in total. The number of fused-ring (bicyclic) bond motifs is 1. The van der Waals surface area contributed by atoms with E-state index >= 15 is 0 Å². The van der Waals surface area contributed by atoms with E-state index < -0.39 is 0 Å². The molecule has 0 aliphatic heterocycles. The molecule has 0 atom stereocenters. The van der Waals surface area contributed by atoms with Crippen LogP contribution < -0.4 is 5.32 Å². The first-order chi connectivity index (χ1) is 5.42. The standard InChI is InChI=1S/C7H8N4.ClH/c1-8-6-5-2-3-9-7(5)11-4-10-6;/h2-4H,1H3,(H2,8,9,10,11);1H. The highest BCUT2D eigenvalue weighted by Gasteiger charge is 1.99. The maximum absolute atomic E-state index is 4.06. The average molecular weight is 185 g/mol. The lowest BCUT2D eigenvalue weighted by atomic mass is 10.4. The van der Waals surface area contributed by atoms with Gasteiger partial charge >= 0.3 is 0 Å². The van der Waals surface area contributed by atoms with Crippen molar-refractivity contribution in [3.8, 4) is 0 Å². The van der Waals surface area contributed by atoms with Crippen LogP contribution in [-0.2, 0) is 0 Å². The van der Waals surface area contributed by atoms with Crippen LogP contribution in [0.5, 0.6) is 0 Å². The second-order valence-electron chi connectivity index (χ2n) is 2.21. The Morgan fingerprint density at radius 3 is 3.00 bits per heavy atom. The molecule has 0 aromatic carbocycles. The summed E-state index contributed by atoms with van der Waals surface area (Å²) in [5, 5.41) is 4.01. The molecule has 64 valence electrons. The zero-order valence-corrected chi connectivity index (χ0v) is 7.35. The van der Waals surface area contributed by atoms with Crippen molar-refractivity contribution in [2.75, 3.05) is 12.4 Å². The molecular formula is C7H9ClN4. The van der Waals surface area contributed by atoms with Gasteiger partial charge in [0.2, 0.25) is 0 Å². The largest absolute Gasteiger partial charge is 0.372 e. The lowest BCUT2D eigenvalue weighted by Crippen LogP contribution is -1.92. The van der Waals surface area contributed by atoms with Gasteiger partial charge in [0.25, 0.3) is 0 Å². The minimum Gasteiger partial charge on any atom is -0.372 e. The van der Waals surface area contributed by atoms with Crippen molar-refractivity contribution in [2.24, 2.45) is 0 Å². The van der Waals surface area contributed by atoms with Crippen LogP contribution in [-0.4, -0.2) is 22.0 Å². The molecule has 2 aromatic rings. The van der Waals surface area contributed by atoms with Crippen LogP contribution in [0.25, 0.3) is 11.0 Å². The Morgan fingerprint density at radius 1 is 1.42 bits per heavy atom. The average Bonchev–Trinajstić information content (AvgIpc) is 2.50. The van der Waals surface area contributed by atoms with E-state index in [9.17, 15) is 0 Å². The third-order valence-corrected chi connectivity index (χ3v) is 1.59. The van der Waals surface area contributed by atoms with Crippen molar-refractivity contribution in [1.82, 2.24) is 15.0 Å². The molecule has 0 saturated carbocycles. The van der Waals surface area contributed by atoms with Crippen molar-refractivity contribution >= 4 is 29.3 Å². The molecule has 0 bridgehead atoms. The quantitative estimate of drug-likeness (QED) is 0.705. The van der Waals surface area contributed by atoms with E-state index in [1.807, 2.05) is 19.3 Å². The second kappa shape index (κ2) is 3.40. The molecule has 5 heteroatoms. The monoisotopic (exact) mass is 184 g/mol. The second-order valence-corrected chi connectivity index (χ2v) is 2.21. The van der Waals surface area contributed by atoms with Crippen molar-refractivity contribution in [1.29, 1.82) is 0 Å². The van der Waals surface area contributed by atoms with E-state index in [4.69, 9.17) is 0 Å². The van der Waals surface area contributed by atoms with Gasteiger partial charge in [-0.2, -0.15) is 0 Å². The Labute approximate surface area is 75.8 Å². The minimum absolute atomic E-state index is 0. The summed E-state index contributed by atoms with van der Waals surface area (Å²) in [5.74, 6) is 0.858. The Morgan fingerprint density at radius 2 is 2.25 bits per heavy atom. The van der Waals surface area contributed by atoms with Gasteiger partial charge in [0.05, 0.1) is 5.39 Å². The van der Waals surface area contributed by atoms with Crippen LogP contribution in [0.15, 0.2) is 18.6 Å². The van der Waals surface area contributed by atoms with Crippen LogP contribution in [0.3, 0.4) is 0 Å². The zero-order valence-electron chi connectivity index (χ0n) is 6.53. The Hall–Kier alpha value is -1.29. The van der Waals surface area contributed by atoms with Crippen LogP contribution in [0.2, 0.25) is 0 Å². The van der Waals surface area contributed by atoms with E-state index in [0.717, 1.165) is 16.9 Å². The highest BCUT2D eigenvalue weighted by atomic mass is 35.5. The lowest BCUT2D eigenvalue weighted by Gasteiger charge is -1.97. The number of nitrogens with one attached hydrogen (secondary N) is 2. The van der Waals surface area contributed by atoms with Gasteiger partial charge in [0, 0.05) is 13.2 Å². The first kappa shape index (κ1) is 8.80. The van der Waals surface area contributed by atoms with Gasteiger partial charge in [-0.05, 0) is 6.07 Å². The Kier molecular flexibility index (Phi) is 2.50. The molecular weight excluding hydrogens is 176 g/mol. The first-order valence-corrected chi connectivity index (χ1v) is 3.37. The molecule has 0 spiro atoms. The maximum atomic E-state index is 4.06. The fourth-order valence-electron chi connectivity index (χ4n) is 1.07. The Bertz CT molecular complexity index is 370. The summed E-state index contributed by atoms with van der Waals surface area (Å²) in [6, 6.07) is 1.95. The molecule has 0 saturated heterocycles. The van der Waals surface area contributed by atoms with Crippen LogP contribution in [0.1, 0.15) is 0 Å². The highest BCUT2D eigenvalue weighted by Crippen LogP contribution is 2.15. The summed E-state index contributed by atoms with van der Waals surface area (Å²) in [5.41, 5.74) is 0.865. The summed E-state index contributed by atoms with van der Waals surface area (Å²) in [7, 11) is 1.84. The smallest absolute Gasteiger partial charge is 0.142 e. The number of nitrogens with zero attached hydrogens (tertiary/aromatic N) is 2. The number of aromatic nitrogens is 3. The van der Waals surface area contributed by atoms with Crippen molar-refractivity contribution < 1.29 is 0 Å². The highest BCUT2D eigenvalue weighted by molar-refractivity contribution is 5.86. The topological polar surface area (TPSA) is 53.6 Å². The zero-order chi connectivity index (χ0) is 7.68. The van der Waals surface area contributed by atoms with Crippen LogP contribution in [0.4, 0.5) is 5.82 Å². The number of rotatable bonds is 1. The summed E-state index contributed by atoms with van der Waals surface area (Å²) < 4.78 is 0. The fraction of sp³-hybridized carbons (Fsp3) is 0.143. The number of aromatic amines is 1. The van der Waals surface area contributed by atoms with E-state index in [1.165, 1.54) is 6.33 Å². The number of H-pyrrole nitrogens is 1. The number of anilines is 1. The van der Waals surface area contributed by atoms with E-state index in [2.05, 4.69) is 20.3 Å². The summed E-state index contributed by atoms with van der Waals surface area (Å²) >= 11 is 0. The molecule has 4 nitrogen and oxygen atoms in total. The molecule has 0 fully saturated rings. The number of halogens is 1. The minimum atomic E-state index is 0. The first-order valence-electron chi connectivity index (χ1n) is 3.37. The van der Waals surface area contributed by atoms with Crippen molar-refractivity contribution in [3.63, 3.8) is 0 Å². The summed E-state index contributed by atoms with van der Waals surface area (Å²) in [6.07, 6.45) is 3.38. The third-order valence-electron chi connectivity index (χ3n) is 1.59. The lowest BCUT2D eigenvalue weighted by molar-refractivity contribution is 1.19. The van der Waals surface area contributed by atoms with Crippen LogP contribution in [0, 0.1) is 0 Å². The van der Waals surface area contributed by atoms with Gasteiger partial charge in [0.15, 0.2) is 0 Å². The molecule has 2 heterocycles. The van der Waals surface area contributed by atoms with Gasteiger partial charge in [0.1, 0.15) is 17.8 Å². The van der Waals surface area contributed by atoms with E-state index in [-0.39, 0.29) is 12.4 Å². The van der Waals surface area contributed by atoms with Crippen LogP contribution >= 0.6 is 12.4 Å². The van der Waals surface area contributed by atoms with Gasteiger partial charge in [-0.15, -0.1) is 12.4 Å². The predicted octanol–water partition coefficient (Wildman–Crippen LogP) is 1.42. The SMILES string of the molecule is CNc1ncnc2[nH]ccc12.Cl. The third kappa shape index (κ3) is 1.21. The molecule has 0 amide bonds. The number of hydrogen-bond acceptors (Lipinski definition) is 3.